The van der Waals surface area contributed by atoms with Crippen LogP contribution in [0.25, 0.3) is 0 Å². The van der Waals surface area contributed by atoms with Crippen LogP contribution in [0.15, 0.2) is 15.6 Å². The van der Waals surface area contributed by atoms with Crippen LogP contribution in [0.1, 0.15) is 32.3 Å². The minimum Gasteiger partial charge on any atom is -0.290 e. The minimum absolute atomic E-state index is 0.153. The zero-order valence-electron chi connectivity index (χ0n) is 11.3. The van der Waals surface area contributed by atoms with Gasteiger partial charge in [-0.25, -0.2) is 4.98 Å². The van der Waals surface area contributed by atoms with Gasteiger partial charge >= 0.3 is 0 Å². The Morgan fingerprint density at radius 3 is 2.63 bits per heavy atom. The molecule has 102 valence electrons. The molecule has 0 fully saturated rings. The van der Waals surface area contributed by atoms with E-state index >= 15 is 0 Å². The van der Waals surface area contributed by atoms with Crippen molar-refractivity contribution in [2.75, 3.05) is 0 Å². The molecule has 19 heavy (non-hydrogen) atoms. The first-order valence-electron chi connectivity index (χ1n) is 5.80. The van der Waals surface area contributed by atoms with Crippen molar-refractivity contribution in [3.8, 4) is 0 Å². The molecule has 2 aromatic heterocycles. The molecule has 7 nitrogen and oxygen atoms in total. The molecule has 0 saturated carbocycles. The average Bonchev–Trinajstić information content (AvgIpc) is 2.78. The van der Waals surface area contributed by atoms with Gasteiger partial charge in [0.25, 0.3) is 5.56 Å². The van der Waals surface area contributed by atoms with Gasteiger partial charge in [0, 0.05) is 0 Å². The van der Waals surface area contributed by atoms with Crippen LogP contribution in [0.4, 0.5) is 0 Å². The molecule has 2 heterocycles. The van der Waals surface area contributed by atoms with Gasteiger partial charge in [-0.2, -0.15) is 4.80 Å². The van der Waals surface area contributed by atoms with Crippen LogP contribution in [0.3, 0.4) is 0 Å². The maximum atomic E-state index is 12.0. The van der Waals surface area contributed by atoms with Crippen LogP contribution in [0.5, 0.6) is 0 Å². The van der Waals surface area contributed by atoms with Crippen LogP contribution in [-0.2, 0) is 12.1 Å². The molecule has 2 aromatic rings. The van der Waals surface area contributed by atoms with Crippen LogP contribution in [0, 0.1) is 6.92 Å². The largest absolute Gasteiger partial charge is 0.290 e. The Bertz CT molecular complexity index is 654. The Labute approximate surface area is 118 Å². The van der Waals surface area contributed by atoms with Crippen molar-refractivity contribution in [1.82, 2.24) is 29.8 Å². The predicted molar refractivity (Wildman–Crippen MR) is 72.8 cm³/mol. The van der Waals surface area contributed by atoms with E-state index in [0.29, 0.717) is 16.0 Å². The van der Waals surface area contributed by atoms with Gasteiger partial charge in [0.15, 0.2) is 5.82 Å². The highest BCUT2D eigenvalue weighted by Gasteiger charge is 2.17. The molecule has 0 aliphatic carbocycles. The normalized spacial score (nSPS) is 11.8. The highest BCUT2D eigenvalue weighted by molar-refractivity contribution is 9.10. The fourth-order valence-corrected chi connectivity index (χ4v) is 1.73. The summed E-state index contributed by atoms with van der Waals surface area (Å²) < 4.78 is 1.90. The summed E-state index contributed by atoms with van der Waals surface area (Å²) in [6.45, 7) is 7.96. The maximum Gasteiger partial charge on any atom is 0.268 e. The average molecular weight is 327 g/mol. The molecular formula is C11H15BrN6O. The monoisotopic (exact) mass is 326 g/mol. The van der Waals surface area contributed by atoms with E-state index in [2.05, 4.69) is 36.3 Å². The van der Waals surface area contributed by atoms with Gasteiger partial charge in [0.1, 0.15) is 4.47 Å². The molecule has 0 amide bonds. The second-order valence-corrected chi connectivity index (χ2v) is 6.04. The lowest BCUT2D eigenvalue weighted by molar-refractivity contribution is 0.305. The number of hydrogen-bond acceptors (Lipinski definition) is 5. The number of nitrogens with zero attached hydrogens (tertiary/aromatic N) is 6. The molecule has 2 rings (SSSR count). The summed E-state index contributed by atoms with van der Waals surface area (Å²) in [4.78, 5) is 17.6. The van der Waals surface area contributed by atoms with Crippen molar-refractivity contribution >= 4 is 15.9 Å². The fraction of sp³-hybridized carbons (Fsp3) is 0.545. The molecule has 0 atom stereocenters. The van der Waals surface area contributed by atoms with Crippen molar-refractivity contribution in [2.24, 2.45) is 0 Å². The van der Waals surface area contributed by atoms with E-state index in [-0.39, 0.29) is 17.6 Å². The van der Waals surface area contributed by atoms with Crippen LogP contribution < -0.4 is 5.56 Å². The van der Waals surface area contributed by atoms with Gasteiger partial charge < -0.3 is 0 Å². The number of aromatic nitrogens is 6. The van der Waals surface area contributed by atoms with E-state index in [1.807, 2.05) is 20.8 Å². The number of hydrogen-bond donors (Lipinski definition) is 0. The lowest BCUT2D eigenvalue weighted by atomic mass is 10.1. The highest BCUT2D eigenvalue weighted by atomic mass is 79.9. The lowest BCUT2D eigenvalue weighted by Crippen LogP contribution is -2.25. The smallest absolute Gasteiger partial charge is 0.268 e. The van der Waals surface area contributed by atoms with E-state index in [4.69, 9.17) is 0 Å². The molecule has 0 radical (unpaired) electrons. The van der Waals surface area contributed by atoms with E-state index in [1.165, 1.54) is 15.7 Å². The zero-order chi connectivity index (χ0) is 14.2. The fourth-order valence-electron chi connectivity index (χ4n) is 1.40. The predicted octanol–water partition coefficient (Wildman–Crippen LogP) is 1.10. The van der Waals surface area contributed by atoms with Crippen molar-refractivity contribution in [2.45, 2.75) is 39.8 Å². The van der Waals surface area contributed by atoms with Gasteiger partial charge in [-0.15, -0.1) is 10.2 Å². The van der Waals surface area contributed by atoms with E-state index in [0.717, 1.165) is 0 Å². The first kappa shape index (κ1) is 13.9. The number of aryl methyl sites for hydroxylation is 1. The maximum absolute atomic E-state index is 12.0. The second kappa shape index (κ2) is 4.84. The van der Waals surface area contributed by atoms with E-state index in [1.54, 1.807) is 6.92 Å². The SMILES string of the molecule is Cc1ncn(Cc2nnn(C(C)(C)C)n2)c(=O)c1Br. The summed E-state index contributed by atoms with van der Waals surface area (Å²) in [5.74, 6) is 0.481. The van der Waals surface area contributed by atoms with Crippen molar-refractivity contribution < 1.29 is 0 Å². The Hall–Kier alpha value is -1.57. The zero-order valence-corrected chi connectivity index (χ0v) is 12.8. The molecule has 0 bridgehead atoms. The third kappa shape index (κ3) is 2.89. The van der Waals surface area contributed by atoms with Crippen LogP contribution in [-0.4, -0.2) is 29.8 Å². The van der Waals surface area contributed by atoms with Crippen molar-refractivity contribution in [3.63, 3.8) is 0 Å². The van der Waals surface area contributed by atoms with Gasteiger partial charge in [-0.05, 0) is 48.8 Å². The molecule has 0 saturated heterocycles. The molecule has 0 N–H and O–H groups in total. The molecule has 0 aliphatic heterocycles. The quantitative estimate of drug-likeness (QED) is 0.825. The number of tetrazole rings is 1. The summed E-state index contributed by atoms with van der Waals surface area (Å²) in [5.41, 5.74) is 0.273. The third-order valence-electron chi connectivity index (χ3n) is 2.52. The topological polar surface area (TPSA) is 78.5 Å². The van der Waals surface area contributed by atoms with Crippen molar-refractivity contribution in [3.05, 3.63) is 32.7 Å². The molecule has 0 aromatic carbocycles. The van der Waals surface area contributed by atoms with Crippen LogP contribution >= 0.6 is 15.9 Å². The summed E-state index contributed by atoms with van der Waals surface area (Å²) in [5, 5.41) is 12.2. The lowest BCUT2D eigenvalue weighted by Gasteiger charge is -2.15. The van der Waals surface area contributed by atoms with Crippen molar-refractivity contribution in [1.29, 1.82) is 0 Å². The highest BCUT2D eigenvalue weighted by Crippen LogP contribution is 2.10. The third-order valence-corrected chi connectivity index (χ3v) is 3.44. The first-order valence-corrected chi connectivity index (χ1v) is 6.59. The second-order valence-electron chi connectivity index (χ2n) is 5.24. The number of rotatable bonds is 2. The minimum atomic E-state index is -0.234. The molecule has 0 aliphatic rings. The van der Waals surface area contributed by atoms with E-state index in [9.17, 15) is 4.79 Å². The van der Waals surface area contributed by atoms with Gasteiger partial charge in [0.2, 0.25) is 0 Å². The Kier molecular flexibility index (Phi) is 3.53. The summed E-state index contributed by atoms with van der Waals surface area (Å²) in [6, 6.07) is 0. The van der Waals surface area contributed by atoms with Gasteiger partial charge in [-0.3, -0.25) is 9.36 Å². The Morgan fingerprint density at radius 1 is 1.37 bits per heavy atom. The molecule has 0 unspecified atom stereocenters. The standard InChI is InChI=1S/C11H15BrN6O/c1-7-9(12)10(19)17(6-13-7)5-8-14-16-18(15-8)11(2,3)4/h6H,5H2,1-4H3. The Balaban J connectivity index is 2.30. The molecular weight excluding hydrogens is 312 g/mol. The molecule has 0 spiro atoms. The molecule has 8 heteroatoms. The number of halogens is 1. The summed E-state index contributed by atoms with van der Waals surface area (Å²) in [6.07, 6.45) is 1.49. The van der Waals surface area contributed by atoms with Gasteiger partial charge in [-0.1, -0.05) is 0 Å². The van der Waals surface area contributed by atoms with E-state index < -0.39 is 0 Å². The van der Waals surface area contributed by atoms with Crippen LogP contribution in [0.2, 0.25) is 0 Å². The summed E-state index contributed by atoms with van der Waals surface area (Å²) >= 11 is 3.22. The van der Waals surface area contributed by atoms with Gasteiger partial charge in [0.05, 0.1) is 24.1 Å². The summed E-state index contributed by atoms with van der Waals surface area (Å²) in [7, 11) is 0. The first-order chi connectivity index (χ1) is 8.79. The Morgan fingerprint density at radius 2 is 2.05 bits per heavy atom.